The average molecular weight is 328 g/mol. The molecular weight excluding hydrogens is 301 g/mol. The number of esters is 1. The largest absolute Gasteiger partial charge is 0.465 e. The molecule has 0 heterocycles. The van der Waals surface area contributed by atoms with Gasteiger partial charge in [0.25, 0.3) is 0 Å². The van der Waals surface area contributed by atoms with Gasteiger partial charge in [0, 0.05) is 6.42 Å². The summed E-state index contributed by atoms with van der Waals surface area (Å²) < 4.78 is 41.1. The van der Waals surface area contributed by atoms with Crippen LogP contribution in [0.25, 0.3) is 0 Å². The Balaban J connectivity index is 3.87. The molecule has 0 aliphatic heterocycles. The van der Waals surface area contributed by atoms with Crippen molar-refractivity contribution in [2.24, 2.45) is 0 Å². The van der Waals surface area contributed by atoms with Gasteiger partial charge in [-0.3, -0.25) is 4.79 Å². The summed E-state index contributed by atoms with van der Waals surface area (Å²) >= 11 is 1.52. The number of alkyl halides is 3. The summed E-state index contributed by atoms with van der Waals surface area (Å²) in [5, 5.41) is -0.167. The summed E-state index contributed by atoms with van der Waals surface area (Å²) in [5.41, 5.74) is 0. The smallest absolute Gasteiger partial charge is 0.389 e. The number of unbranched alkanes of at least 4 members (excludes halogenated alkanes) is 3. The van der Waals surface area contributed by atoms with Crippen molar-refractivity contribution in [2.45, 2.75) is 76.6 Å². The second kappa shape index (κ2) is 12.2. The van der Waals surface area contributed by atoms with Crippen LogP contribution in [0, 0.1) is 0 Å². The Labute approximate surface area is 130 Å². The van der Waals surface area contributed by atoms with Crippen molar-refractivity contribution in [2.75, 3.05) is 12.4 Å². The zero-order valence-corrected chi connectivity index (χ0v) is 13.8. The lowest BCUT2D eigenvalue weighted by Crippen LogP contribution is -2.21. The highest BCUT2D eigenvalue weighted by Crippen LogP contribution is 2.24. The third kappa shape index (κ3) is 13.0. The van der Waals surface area contributed by atoms with Crippen molar-refractivity contribution in [3.8, 4) is 0 Å². The third-order valence-corrected chi connectivity index (χ3v) is 4.31. The molecule has 21 heavy (non-hydrogen) atoms. The van der Waals surface area contributed by atoms with Gasteiger partial charge in [-0.25, -0.2) is 0 Å². The molecule has 0 spiro atoms. The Morgan fingerprint density at radius 2 is 1.81 bits per heavy atom. The highest BCUT2D eigenvalue weighted by molar-refractivity contribution is 8.00. The Hall–Kier alpha value is -0.390. The summed E-state index contributed by atoms with van der Waals surface area (Å²) in [6.45, 7) is 4.45. The lowest BCUT2D eigenvalue weighted by Gasteiger charge is -2.15. The number of rotatable bonds is 12. The number of hydrogen-bond donors (Lipinski definition) is 0. The van der Waals surface area contributed by atoms with Crippen LogP contribution in [0.1, 0.15) is 65.2 Å². The second-order valence-corrected chi connectivity index (χ2v) is 6.41. The normalized spacial score (nSPS) is 13.2. The standard InChI is InChI=1S/C15H27F3O2S/c1-3-5-9-13(14(19)20-11-4-2)21-12-8-6-7-10-15(16,17)18/h13H,3-12H2,1-2H3. The van der Waals surface area contributed by atoms with Crippen LogP contribution in [0.15, 0.2) is 0 Å². The molecule has 0 saturated carbocycles. The van der Waals surface area contributed by atoms with Crippen molar-refractivity contribution >= 4 is 17.7 Å². The number of carbonyl (C=O) groups excluding carboxylic acids is 1. The molecule has 1 unspecified atom stereocenters. The predicted molar refractivity (Wildman–Crippen MR) is 81.5 cm³/mol. The van der Waals surface area contributed by atoms with Crippen LogP contribution in [-0.4, -0.2) is 29.8 Å². The lowest BCUT2D eigenvalue weighted by molar-refractivity contribution is -0.143. The molecule has 0 bridgehead atoms. The van der Waals surface area contributed by atoms with Crippen LogP contribution in [0.4, 0.5) is 13.2 Å². The number of thioether (sulfide) groups is 1. The van der Waals surface area contributed by atoms with E-state index in [1.807, 2.05) is 6.92 Å². The quantitative estimate of drug-likeness (QED) is 0.356. The molecule has 0 N–H and O–H groups in total. The molecule has 0 rings (SSSR count). The van der Waals surface area contributed by atoms with Gasteiger partial charge in [0.1, 0.15) is 5.25 Å². The maximum Gasteiger partial charge on any atom is 0.389 e. The Morgan fingerprint density at radius 1 is 1.10 bits per heavy atom. The van der Waals surface area contributed by atoms with Gasteiger partial charge in [0.05, 0.1) is 6.61 Å². The topological polar surface area (TPSA) is 26.3 Å². The zero-order chi connectivity index (χ0) is 16.1. The molecule has 0 aliphatic carbocycles. The van der Waals surface area contributed by atoms with Gasteiger partial charge in [0.2, 0.25) is 0 Å². The number of halogens is 3. The van der Waals surface area contributed by atoms with E-state index in [1.165, 1.54) is 11.8 Å². The number of hydrogen-bond acceptors (Lipinski definition) is 3. The van der Waals surface area contributed by atoms with Crippen LogP contribution in [-0.2, 0) is 9.53 Å². The van der Waals surface area contributed by atoms with E-state index < -0.39 is 12.6 Å². The predicted octanol–water partition coefficient (Wildman–Crippen LogP) is 5.35. The van der Waals surface area contributed by atoms with Crippen LogP contribution in [0.3, 0.4) is 0 Å². The molecule has 0 fully saturated rings. The van der Waals surface area contributed by atoms with Crippen molar-refractivity contribution in [3.63, 3.8) is 0 Å². The van der Waals surface area contributed by atoms with Crippen molar-refractivity contribution in [1.82, 2.24) is 0 Å². The molecule has 0 aromatic carbocycles. The van der Waals surface area contributed by atoms with E-state index in [9.17, 15) is 18.0 Å². The van der Waals surface area contributed by atoms with Crippen molar-refractivity contribution < 1.29 is 22.7 Å². The molecule has 0 saturated heterocycles. The third-order valence-electron chi connectivity index (χ3n) is 2.95. The fourth-order valence-corrected chi connectivity index (χ4v) is 2.98. The van der Waals surface area contributed by atoms with Crippen LogP contribution < -0.4 is 0 Å². The van der Waals surface area contributed by atoms with Crippen LogP contribution >= 0.6 is 11.8 Å². The van der Waals surface area contributed by atoms with Gasteiger partial charge in [-0.15, -0.1) is 11.8 Å². The summed E-state index contributed by atoms with van der Waals surface area (Å²) in [5.74, 6) is 0.540. The van der Waals surface area contributed by atoms with Crippen molar-refractivity contribution in [1.29, 1.82) is 0 Å². The van der Waals surface area contributed by atoms with Gasteiger partial charge in [-0.2, -0.15) is 13.2 Å². The molecule has 126 valence electrons. The van der Waals surface area contributed by atoms with E-state index in [2.05, 4.69) is 6.92 Å². The first-order valence-corrected chi connectivity index (χ1v) is 8.80. The molecule has 2 nitrogen and oxygen atoms in total. The SMILES string of the molecule is CCCCC(SCCCCCC(F)(F)F)C(=O)OCCC. The molecule has 0 radical (unpaired) electrons. The fourth-order valence-electron chi connectivity index (χ4n) is 1.78. The Morgan fingerprint density at radius 3 is 2.38 bits per heavy atom. The summed E-state index contributed by atoms with van der Waals surface area (Å²) in [7, 11) is 0. The lowest BCUT2D eigenvalue weighted by atomic mass is 10.2. The van der Waals surface area contributed by atoms with E-state index in [1.54, 1.807) is 0 Å². The molecular formula is C15H27F3O2S. The minimum absolute atomic E-state index is 0.167. The molecule has 0 aliphatic rings. The summed E-state index contributed by atoms with van der Waals surface area (Å²) in [6.07, 6.45) is 0.235. The number of carbonyl (C=O) groups is 1. The number of ether oxygens (including phenoxy) is 1. The van der Waals surface area contributed by atoms with E-state index in [0.29, 0.717) is 25.2 Å². The van der Waals surface area contributed by atoms with E-state index in [-0.39, 0.29) is 17.6 Å². The summed E-state index contributed by atoms with van der Waals surface area (Å²) in [4.78, 5) is 11.9. The first-order chi connectivity index (χ1) is 9.90. The van der Waals surface area contributed by atoms with Crippen LogP contribution in [0.2, 0.25) is 0 Å². The molecule has 6 heteroatoms. The van der Waals surface area contributed by atoms with Crippen LogP contribution in [0.5, 0.6) is 0 Å². The monoisotopic (exact) mass is 328 g/mol. The first-order valence-electron chi connectivity index (χ1n) is 7.75. The van der Waals surface area contributed by atoms with Gasteiger partial charge in [-0.1, -0.05) is 33.1 Å². The minimum atomic E-state index is -4.05. The molecule has 1 atom stereocenters. The molecule has 0 amide bonds. The van der Waals surface area contributed by atoms with E-state index in [4.69, 9.17) is 4.74 Å². The highest BCUT2D eigenvalue weighted by Gasteiger charge is 2.25. The van der Waals surface area contributed by atoms with Crippen molar-refractivity contribution in [3.05, 3.63) is 0 Å². The zero-order valence-electron chi connectivity index (χ0n) is 13.0. The second-order valence-electron chi connectivity index (χ2n) is 5.09. The van der Waals surface area contributed by atoms with Gasteiger partial charge in [-0.05, 0) is 31.4 Å². The fraction of sp³-hybridized carbons (Fsp3) is 0.933. The molecule has 0 aromatic rings. The first kappa shape index (κ1) is 20.6. The van der Waals surface area contributed by atoms with Gasteiger partial charge >= 0.3 is 12.1 Å². The van der Waals surface area contributed by atoms with Gasteiger partial charge < -0.3 is 4.74 Å². The Bertz CT molecular complexity index is 270. The van der Waals surface area contributed by atoms with E-state index >= 15 is 0 Å². The summed E-state index contributed by atoms with van der Waals surface area (Å²) in [6, 6.07) is 0. The maximum absolute atomic E-state index is 12.0. The molecule has 0 aromatic heterocycles. The van der Waals surface area contributed by atoms with E-state index in [0.717, 1.165) is 25.7 Å². The highest BCUT2D eigenvalue weighted by atomic mass is 32.2. The maximum atomic E-state index is 12.0. The van der Waals surface area contributed by atoms with Gasteiger partial charge in [0.15, 0.2) is 0 Å². The Kier molecular flexibility index (Phi) is 12.0. The minimum Gasteiger partial charge on any atom is -0.465 e. The average Bonchev–Trinajstić information content (AvgIpc) is 2.41.